The van der Waals surface area contributed by atoms with Crippen molar-refractivity contribution in [2.45, 2.75) is 50.2 Å². The molecule has 1 saturated carbocycles. The molecule has 0 bridgehead atoms. The van der Waals surface area contributed by atoms with Gasteiger partial charge in [0.25, 0.3) is 0 Å². The van der Waals surface area contributed by atoms with Crippen LogP contribution in [0.15, 0.2) is 48.5 Å². The first-order valence-electron chi connectivity index (χ1n) is 11.7. The van der Waals surface area contributed by atoms with Gasteiger partial charge < -0.3 is 25.6 Å². The molecule has 2 aromatic rings. The number of carbonyl (C=O) groups excluding carboxylic acids is 2. The quantitative estimate of drug-likeness (QED) is 0.474. The molecule has 2 aliphatic rings. The summed E-state index contributed by atoms with van der Waals surface area (Å²) in [4.78, 5) is 35.7. The first-order valence-corrected chi connectivity index (χ1v) is 11.7. The maximum Gasteiger partial charge on any atom is 0.407 e. The fourth-order valence-electron chi connectivity index (χ4n) is 4.97. The maximum absolute atomic E-state index is 12.6. The minimum atomic E-state index is -1.49. The normalized spacial score (nSPS) is 20.0. The van der Waals surface area contributed by atoms with Crippen LogP contribution in [-0.2, 0) is 14.3 Å². The first kappa shape index (κ1) is 23.8. The number of aliphatic hydroxyl groups excluding tert-OH is 1. The number of carboxylic acids is 1. The van der Waals surface area contributed by atoms with Crippen LogP contribution in [0.4, 0.5) is 4.79 Å². The van der Waals surface area contributed by atoms with Crippen molar-refractivity contribution in [1.29, 1.82) is 0 Å². The minimum Gasteiger partial charge on any atom is -0.479 e. The molecule has 8 nitrogen and oxygen atoms in total. The number of aliphatic carboxylic acids is 1. The van der Waals surface area contributed by atoms with Crippen LogP contribution < -0.4 is 10.6 Å². The summed E-state index contributed by atoms with van der Waals surface area (Å²) in [7, 11) is 0. The Hall–Kier alpha value is -3.39. The molecule has 4 N–H and O–H groups in total. The van der Waals surface area contributed by atoms with E-state index in [4.69, 9.17) is 9.84 Å². The Morgan fingerprint density at radius 3 is 2.29 bits per heavy atom. The number of alkyl carbamates (subject to hydrolysis) is 1. The number of rotatable bonds is 8. The SMILES string of the molecule is O=C(N[C@@H]1CCC[C@@H](C(=O)NCC[C@H](O)C(=O)O)C1)OCC1c2ccccc2-c2ccccc21. The van der Waals surface area contributed by atoms with E-state index in [0.29, 0.717) is 12.8 Å². The summed E-state index contributed by atoms with van der Waals surface area (Å²) in [5, 5.41) is 23.6. The first-order chi connectivity index (χ1) is 16.4. The lowest BCUT2D eigenvalue weighted by Crippen LogP contribution is -2.43. The van der Waals surface area contributed by atoms with Crippen molar-refractivity contribution in [2.24, 2.45) is 5.92 Å². The Labute approximate surface area is 198 Å². The lowest BCUT2D eigenvalue weighted by Gasteiger charge is -2.29. The van der Waals surface area contributed by atoms with Crippen molar-refractivity contribution in [1.82, 2.24) is 10.6 Å². The Morgan fingerprint density at radius 2 is 1.65 bits per heavy atom. The molecule has 0 radical (unpaired) electrons. The van der Waals surface area contributed by atoms with Crippen molar-refractivity contribution in [3.63, 3.8) is 0 Å². The smallest absolute Gasteiger partial charge is 0.407 e. The van der Waals surface area contributed by atoms with E-state index in [9.17, 15) is 19.5 Å². The molecule has 2 aliphatic carbocycles. The van der Waals surface area contributed by atoms with E-state index in [1.807, 2.05) is 24.3 Å². The number of benzene rings is 2. The van der Waals surface area contributed by atoms with Gasteiger partial charge in [-0.1, -0.05) is 55.0 Å². The second-order valence-electron chi connectivity index (χ2n) is 8.96. The lowest BCUT2D eigenvalue weighted by atomic mass is 9.85. The fourth-order valence-corrected chi connectivity index (χ4v) is 4.97. The number of ether oxygens (including phenoxy) is 1. The highest BCUT2D eigenvalue weighted by atomic mass is 16.5. The lowest BCUT2D eigenvalue weighted by molar-refractivity contribution is -0.147. The average molecular weight is 467 g/mol. The predicted molar refractivity (Wildman–Crippen MR) is 125 cm³/mol. The number of hydrogen-bond acceptors (Lipinski definition) is 5. The van der Waals surface area contributed by atoms with Crippen LogP contribution in [0.1, 0.15) is 49.1 Å². The van der Waals surface area contributed by atoms with E-state index in [1.54, 1.807) is 0 Å². The van der Waals surface area contributed by atoms with Crippen LogP contribution in [0.25, 0.3) is 11.1 Å². The van der Waals surface area contributed by atoms with Crippen LogP contribution in [0.3, 0.4) is 0 Å². The Kier molecular flexibility index (Phi) is 7.47. The molecule has 2 amide bonds. The molecule has 8 heteroatoms. The van der Waals surface area contributed by atoms with E-state index in [0.717, 1.165) is 24.0 Å². The molecule has 0 aliphatic heterocycles. The van der Waals surface area contributed by atoms with Crippen LogP contribution in [0, 0.1) is 5.92 Å². The Balaban J connectivity index is 1.27. The van der Waals surface area contributed by atoms with Gasteiger partial charge >= 0.3 is 12.1 Å². The molecule has 0 heterocycles. The largest absolute Gasteiger partial charge is 0.479 e. The highest BCUT2D eigenvalue weighted by Gasteiger charge is 2.31. The van der Waals surface area contributed by atoms with Gasteiger partial charge in [-0.3, -0.25) is 4.79 Å². The van der Waals surface area contributed by atoms with Gasteiger partial charge in [0.05, 0.1) is 0 Å². The molecule has 3 atom stereocenters. The van der Waals surface area contributed by atoms with Gasteiger partial charge in [-0.25, -0.2) is 9.59 Å². The highest BCUT2D eigenvalue weighted by Crippen LogP contribution is 2.44. The van der Waals surface area contributed by atoms with Crippen molar-refractivity contribution in [3.8, 4) is 11.1 Å². The van der Waals surface area contributed by atoms with Gasteiger partial charge in [-0.15, -0.1) is 0 Å². The third-order valence-corrected chi connectivity index (χ3v) is 6.71. The van der Waals surface area contributed by atoms with Crippen LogP contribution >= 0.6 is 0 Å². The molecule has 180 valence electrons. The number of hydrogen-bond donors (Lipinski definition) is 4. The molecule has 34 heavy (non-hydrogen) atoms. The third-order valence-electron chi connectivity index (χ3n) is 6.71. The van der Waals surface area contributed by atoms with E-state index in [2.05, 4.69) is 34.9 Å². The molecule has 0 saturated heterocycles. The van der Waals surface area contributed by atoms with E-state index in [-0.39, 0.29) is 43.4 Å². The van der Waals surface area contributed by atoms with Gasteiger partial charge in [0.1, 0.15) is 6.61 Å². The second kappa shape index (κ2) is 10.7. The van der Waals surface area contributed by atoms with Crippen molar-refractivity contribution in [2.75, 3.05) is 13.2 Å². The molecule has 0 aromatic heterocycles. The summed E-state index contributed by atoms with van der Waals surface area (Å²) in [6.45, 7) is 0.329. The van der Waals surface area contributed by atoms with E-state index in [1.165, 1.54) is 11.1 Å². The van der Waals surface area contributed by atoms with Gasteiger partial charge in [-0.05, 0) is 41.5 Å². The number of aliphatic hydroxyl groups is 1. The predicted octanol–water partition coefficient (Wildman–Crippen LogP) is 3.04. The molecule has 1 fully saturated rings. The fraction of sp³-hybridized carbons (Fsp3) is 0.423. The van der Waals surface area contributed by atoms with Crippen molar-refractivity contribution < 1.29 is 29.3 Å². The molecule has 0 spiro atoms. The molecular formula is C26H30N2O6. The molecule has 4 rings (SSSR count). The van der Waals surface area contributed by atoms with Crippen LogP contribution in [0.2, 0.25) is 0 Å². The summed E-state index contributed by atoms with van der Waals surface area (Å²) >= 11 is 0. The van der Waals surface area contributed by atoms with Crippen molar-refractivity contribution >= 4 is 18.0 Å². The van der Waals surface area contributed by atoms with E-state index >= 15 is 0 Å². The number of carboxylic acid groups (broad SMARTS) is 1. The van der Waals surface area contributed by atoms with Gasteiger partial charge in [-0.2, -0.15) is 0 Å². The maximum atomic E-state index is 12.6. The summed E-state index contributed by atoms with van der Waals surface area (Å²) in [5.41, 5.74) is 4.64. The van der Waals surface area contributed by atoms with Gasteiger partial charge in [0, 0.05) is 30.8 Å². The zero-order chi connectivity index (χ0) is 24.1. The number of nitrogens with one attached hydrogen (secondary N) is 2. The zero-order valence-electron chi connectivity index (χ0n) is 18.9. The topological polar surface area (TPSA) is 125 Å². The Bertz CT molecular complexity index is 1010. The van der Waals surface area contributed by atoms with Crippen molar-refractivity contribution in [3.05, 3.63) is 59.7 Å². The van der Waals surface area contributed by atoms with E-state index < -0.39 is 18.2 Å². The summed E-state index contributed by atoms with van der Waals surface area (Å²) in [5.74, 6) is -1.77. The standard InChI is InChI=1S/C26H30N2O6/c29-23(25(31)32)12-13-27-24(30)16-6-5-7-17(14-16)28-26(33)34-15-22-20-10-3-1-8-18(20)19-9-2-4-11-21(19)22/h1-4,8-11,16-17,22-23,29H,5-7,12-15H2,(H,27,30)(H,28,33)(H,31,32)/t16-,17-,23+/m1/s1. The number of amides is 2. The second-order valence-corrected chi connectivity index (χ2v) is 8.96. The third kappa shape index (κ3) is 5.39. The summed E-state index contributed by atoms with van der Waals surface area (Å²) in [6.07, 6.45) is 0.742. The number of carbonyl (C=O) groups is 3. The van der Waals surface area contributed by atoms with Crippen LogP contribution in [-0.4, -0.2) is 53.5 Å². The number of fused-ring (bicyclic) bond motifs is 3. The molecular weight excluding hydrogens is 436 g/mol. The molecule has 0 unspecified atom stereocenters. The van der Waals surface area contributed by atoms with Gasteiger partial charge in [0.15, 0.2) is 6.10 Å². The minimum absolute atomic E-state index is 0.0100. The Morgan fingerprint density at radius 1 is 1.00 bits per heavy atom. The summed E-state index contributed by atoms with van der Waals surface area (Å²) < 4.78 is 5.62. The summed E-state index contributed by atoms with van der Waals surface area (Å²) in [6, 6.07) is 16.2. The highest BCUT2D eigenvalue weighted by molar-refractivity contribution is 5.80. The van der Waals surface area contributed by atoms with Crippen LogP contribution in [0.5, 0.6) is 0 Å². The monoisotopic (exact) mass is 466 g/mol. The molecule has 2 aromatic carbocycles. The van der Waals surface area contributed by atoms with Gasteiger partial charge in [0.2, 0.25) is 5.91 Å². The zero-order valence-corrected chi connectivity index (χ0v) is 18.9. The average Bonchev–Trinajstić information content (AvgIpc) is 3.16.